The minimum atomic E-state index is -0.550. The molecule has 17 heavy (non-hydrogen) atoms. The van der Waals surface area contributed by atoms with Crippen LogP contribution in [-0.2, 0) is 4.74 Å². The highest BCUT2D eigenvalue weighted by Gasteiger charge is 2.07. The van der Waals surface area contributed by atoms with Crippen LogP contribution >= 0.6 is 11.6 Å². The maximum absolute atomic E-state index is 13.2. The van der Waals surface area contributed by atoms with Crippen LogP contribution in [-0.4, -0.2) is 31.5 Å². The minimum absolute atomic E-state index is 0.00697. The number of ether oxygens (including phenoxy) is 1. The molecule has 0 radical (unpaired) electrons. The maximum Gasteiger partial charge on any atom is 0.143 e. The summed E-state index contributed by atoms with van der Waals surface area (Å²) in [7, 11) is 1.52. The SMILES string of the molecule is COCC(O)CCNc1cc(F)c(Cl)cc1N. The Morgan fingerprint density at radius 3 is 2.94 bits per heavy atom. The number of halogens is 2. The first-order valence-corrected chi connectivity index (χ1v) is 5.57. The molecule has 0 fully saturated rings. The summed E-state index contributed by atoms with van der Waals surface area (Å²) in [5, 5.41) is 12.3. The second-order valence-electron chi connectivity index (χ2n) is 3.68. The summed E-state index contributed by atoms with van der Waals surface area (Å²) in [5.74, 6) is -0.527. The van der Waals surface area contributed by atoms with E-state index in [1.165, 1.54) is 19.2 Å². The molecule has 0 bridgehead atoms. The standard InChI is InChI=1S/C11H16ClFN2O2/c1-17-6-7(16)2-3-15-11-5-9(13)8(12)4-10(11)14/h4-5,7,15-16H,2-3,6,14H2,1H3. The number of aliphatic hydroxyl groups excluding tert-OH is 1. The van der Waals surface area contributed by atoms with E-state index in [0.717, 1.165) is 0 Å². The van der Waals surface area contributed by atoms with Gasteiger partial charge in [0, 0.05) is 19.7 Å². The second-order valence-corrected chi connectivity index (χ2v) is 4.09. The third-order valence-electron chi connectivity index (χ3n) is 2.24. The molecule has 96 valence electrons. The molecule has 1 aromatic carbocycles. The number of methoxy groups -OCH3 is 1. The Morgan fingerprint density at radius 1 is 1.59 bits per heavy atom. The number of hydrogen-bond donors (Lipinski definition) is 3. The highest BCUT2D eigenvalue weighted by atomic mass is 35.5. The van der Waals surface area contributed by atoms with Crippen LogP contribution in [0.25, 0.3) is 0 Å². The number of rotatable bonds is 6. The highest BCUT2D eigenvalue weighted by Crippen LogP contribution is 2.25. The fraction of sp³-hybridized carbons (Fsp3) is 0.455. The maximum atomic E-state index is 13.2. The summed E-state index contributed by atoms with van der Waals surface area (Å²) in [6, 6.07) is 2.59. The molecule has 4 N–H and O–H groups in total. The van der Waals surface area contributed by atoms with E-state index in [0.29, 0.717) is 24.3 Å². The Balaban J connectivity index is 2.49. The van der Waals surface area contributed by atoms with Gasteiger partial charge in [-0.2, -0.15) is 0 Å². The third-order valence-corrected chi connectivity index (χ3v) is 2.53. The quantitative estimate of drug-likeness (QED) is 0.685. The number of nitrogens with one attached hydrogen (secondary N) is 1. The van der Waals surface area contributed by atoms with Crippen molar-refractivity contribution in [2.24, 2.45) is 0 Å². The zero-order chi connectivity index (χ0) is 12.8. The highest BCUT2D eigenvalue weighted by molar-refractivity contribution is 6.31. The average Bonchev–Trinajstić information content (AvgIpc) is 2.26. The van der Waals surface area contributed by atoms with Crippen LogP contribution in [0.1, 0.15) is 6.42 Å². The second kappa shape index (κ2) is 6.64. The smallest absolute Gasteiger partial charge is 0.143 e. The Bertz CT molecular complexity index is 377. The van der Waals surface area contributed by atoms with Gasteiger partial charge in [-0.3, -0.25) is 0 Å². The molecule has 1 unspecified atom stereocenters. The van der Waals surface area contributed by atoms with Gasteiger partial charge < -0.3 is 20.9 Å². The van der Waals surface area contributed by atoms with Gasteiger partial charge in [-0.05, 0) is 12.5 Å². The molecule has 1 rings (SSSR count). The molecule has 0 aliphatic heterocycles. The zero-order valence-electron chi connectivity index (χ0n) is 9.54. The van der Waals surface area contributed by atoms with E-state index in [4.69, 9.17) is 22.1 Å². The normalized spacial score (nSPS) is 12.5. The fourth-order valence-electron chi connectivity index (χ4n) is 1.36. The van der Waals surface area contributed by atoms with E-state index >= 15 is 0 Å². The van der Waals surface area contributed by atoms with Crippen molar-refractivity contribution in [2.75, 3.05) is 31.3 Å². The summed E-state index contributed by atoms with van der Waals surface area (Å²) < 4.78 is 18.0. The van der Waals surface area contributed by atoms with E-state index in [-0.39, 0.29) is 11.6 Å². The summed E-state index contributed by atoms with van der Waals surface area (Å²) >= 11 is 5.57. The lowest BCUT2D eigenvalue weighted by Crippen LogP contribution is -2.18. The molecule has 0 heterocycles. The van der Waals surface area contributed by atoms with Crippen LogP contribution < -0.4 is 11.1 Å². The topological polar surface area (TPSA) is 67.5 Å². The van der Waals surface area contributed by atoms with E-state index in [1.807, 2.05) is 0 Å². The monoisotopic (exact) mass is 262 g/mol. The van der Waals surface area contributed by atoms with Crippen LogP contribution in [0.5, 0.6) is 0 Å². The van der Waals surface area contributed by atoms with Crippen LogP contribution in [0.4, 0.5) is 15.8 Å². The van der Waals surface area contributed by atoms with Crippen molar-refractivity contribution < 1.29 is 14.2 Å². The molecule has 0 aromatic heterocycles. The Hall–Kier alpha value is -1.04. The molecule has 1 atom stereocenters. The first-order valence-electron chi connectivity index (χ1n) is 5.20. The van der Waals surface area contributed by atoms with Gasteiger partial charge in [0.05, 0.1) is 29.1 Å². The molecule has 0 aliphatic rings. The molecule has 4 nitrogen and oxygen atoms in total. The van der Waals surface area contributed by atoms with Gasteiger partial charge in [-0.15, -0.1) is 0 Å². The summed E-state index contributed by atoms with van der Waals surface area (Å²) in [4.78, 5) is 0. The van der Waals surface area contributed by atoms with Crippen LogP contribution in [0.2, 0.25) is 5.02 Å². The number of hydrogen-bond acceptors (Lipinski definition) is 4. The first-order chi connectivity index (χ1) is 8.04. The largest absolute Gasteiger partial charge is 0.397 e. The van der Waals surface area contributed by atoms with Crippen molar-refractivity contribution in [3.8, 4) is 0 Å². The van der Waals surface area contributed by atoms with Gasteiger partial charge >= 0.3 is 0 Å². The van der Waals surface area contributed by atoms with Gasteiger partial charge in [0.25, 0.3) is 0 Å². The van der Waals surface area contributed by atoms with Crippen LogP contribution in [0, 0.1) is 5.82 Å². The van der Waals surface area contributed by atoms with Gasteiger partial charge in [-0.1, -0.05) is 11.6 Å². The Labute approximate surface area is 105 Å². The van der Waals surface area contributed by atoms with Crippen molar-refractivity contribution in [3.63, 3.8) is 0 Å². The fourth-order valence-corrected chi connectivity index (χ4v) is 1.54. The summed E-state index contributed by atoms with van der Waals surface area (Å²) in [5.41, 5.74) is 6.51. The zero-order valence-corrected chi connectivity index (χ0v) is 10.3. The Kier molecular flexibility index (Phi) is 5.47. The number of aliphatic hydroxyl groups is 1. The van der Waals surface area contributed by atoms with Crippen LogP contribution in [0.15, 0.2) is 12.1 Å². The lowest BCUT2D eigenvalue weighted by Gasteiger charge is -2.12. The van der Waals surface area contributed by atoms with Gasteiger partial charge in [0.15, 0.2) is 0 Å². The molecule has 1 aromatic rings. The van der Waals surface area contributed by atoms with E-state index in [2.05, 4.69) is 5.32 Å². The molecule has 0 saturated heterocycles. The van der Waals surface area contributed by atoms with Crippen molar-refractivity contribution >= 4 is 23.0 Å². The molecular formula is C11H16ClFN2O2. The van der Waals surface area contributed by atoms with E-state index in [1.54, 1.807) is 0 Å². The number of anilines is 2. The molecule has 0 spiro atoms. The average molecular weight is 263 g/mol. The van der Waals surface area contributed by atoms with Crippen molar-refractivity contribution in [1.82, 2.24) is 0 Å². The van der Waals surface area contributed by atoms with E-state index < -0.39 is 11.9 Å². The number of nitrogens with two attached hydrogens (primary N) is 1. The molecular weight excluding hydrogens is 247 g/mol. The molecule has 0 aliphatic carbocycles. The predicted octanol–water partition coefficient (Wildman–Crippen LogP) is 1.87. The Morgan fingerprint density at radius 2 is 2.29 bits per heavy atom. The summed E-state index contributed by atoms with van der Waals surface area (Å²) in [6.45, 7) is 0.738. The molecule has 0 saturated carbocycles. The third kappa shape index (κ3) is 4.38. The lowest BCUT2D eigenvalue weighted by molar-refractivity contribution is 0.0615. The lowest BCUT2D eigenvalue weighted by atomic mass is 10.2. The van der Waals surface area contributed by atoms with Crippen molar-refractivity contribution in [2.45, 2.75) is 12.5 Å². The van der Waals surface area contributed by atoms with Crippen molar-refractivity contribution in [3.05, 3.63) is 23.0 Å². The van der Waals surface area contributed by atoms with Gasteiger partial charge in [-0.25, -0.2) is 4.39 Å². The first kappa shape index (κ1) is 14.0. The minimum Gasteiger partial charge on any atom is -0.397 e. The van der Waals surface area contributed by atoms with Crippen molar-refractivity contribution in [1.29, 1.82) is 0 Å². The number of nitrogen functional groups attached to an aromatic ring is 1. The van der Waals surface area contributed by atoms with E-state index in [9.17, 15) is 9.50 Å². The molecule has 0 amide bonds. The van der Waals surface area contributed by atoms with Crippen LogP contribution in [0.3, 0.4) is 0 Å². The van der Waals surface area contributed by atoms with Gasteiger partial charge in [0.1, 0.15) is 5.82 Å². The van der Waals surface area contributed by atoms with Gasteiger partial charge in [0.2, 0.25) is 0 Å². The molecule has 6 heteroatoms. The summed E-state index contributed by atoms with van der Waals surface area (Å²) in [6.07, 6.45) is -0.0665. The predicted molar refractivity (Wildman–Crippen MR) is 66.8 cm³/mol. The number of benzene rings is 1.